The average molecular weight is 212 g/mol. The Labute approximate surface area is 87.9 Å². The number of thiol groups is 1. The van der Waals surface area contributed by atoms with E-state index in [9.17, 15) is 4.79 Å². The number of fused-ring (bicyclic) bond motifs is 1. The van der Waals surface area contributed by atoms with Crippen molar-refractivity contribution >= 4 is 23.8 Å². The molecule has 0 fully saturated rings. The van der Waals surface area contributed by atoms with Gasteiger partial charge in [-0.05, 0) is 13.8 Å². The molecule has 0 radical (unpaired) electrons. The fourth-order valence-corrected chi connectivity index (χ4v) is 1.56. The number of nitrogens with zero attached hydrogens (tertiary/aromatic N) is 3. The Bertz CT molecular complexity index is 336. The molecule has 2 rings (SSSR count). The first kappa shape index (κ1) is 9.39. The maximum Gasteiger partial charge on any atom is 0.330 e. The summed E-state index contributed by atoms with van der Waals surface area (Å²) in [7, 11) is 0. The van der Waals surface area contributed by atoms with Crippen molar-refractivity contribution in [3.05, 3.63) is 12.0 Å². The van der Waals surface area contributed by atoms with Gasteiger partial charge in [0, 0.05) is 12.2 Å². The van der Waals surface area contributed by atoms with Gasteiger partial charge in [-0.3, -0.25) is 10.2 Å². The molecule has 0 aromatic carbocycles. The van der Waals surface area contributed by atoms with E-state index in [0.717, 1.165) is 0 Å². The monoisotopic (exact) mass is 212 g/mol. The van der Waals surface area contributed by atoms with Crippen molar-refractivity contribution in [1.29, 1.82) is 0 Å². The molecule has 0 atom stereocenters. The van der Waals surface area contributed by atoms with Gasteiger partial charge >= 0.3 is 6.03 Å². The molecule has 14 heavy (non-hydrogen) atoms. The Hall–Kier alpha value is -1.17. The molecular formula is C8H12N4OS. The summed E-state index contributed by atoms with van der Waals surface area (Å²) in [6, 6.07) is 0.193. The highest BCUT2D eigenvalue weighted by Gasteiger charge is 2.30. The van der Waals surface area contributed by atoms with E-state index in [1.54, 1.807) is 4.90 Å². The molecule has 0 aromatic heterocycles. The van der Waals surface area contributed by atoms with Gasteiger partial charge in [-0.15, -0.1) is 12.6 Å². The second-order valence-electron chi connectivity index (χ2n) is 3.53. The standard InChI is InChI=1S/C8H12N4OS/c1-5(2)11-3-6-9-7(14)10-8(13)12(6)4-11/h3,5H,4H2,1-2H3,(H2,9,10,13,14). The first-order valence-electron chi connectivity index (χ1n) is 4.41. The molecule has 6 heteroatoms. The molecule has 0 aliphatic carbocycles. The van der Waals surface area contributed by atoms with Gasteiger partial charge in [0.25, 0.3) is 0 Å². The van der Waals surface area contributed by atoms with E-state index >= 15 is 0 Å². The number of carbonyl (C=O) groups is 1. The summed E-state index contributed by atoms with van der Waals surface area (Å²) in [4.78, 5) is 19.2. The van der Waals surface area contributed by atoms with Crippen molar-refractivity contribution in [2.75, 3.05) is 6.67 Å². The van der Waals surface area contributed by atoms with Crippen LogP contribution in [0, 0.1) is 0 Å². The fraction of sp³-hybridized carbons (Fsp3) is 0.500. The lowest BCUT2D eigenvalue weighted by molar-refractivity contribution is 0.193. The number of aliphatic imine (C=N–C) groups is 1. The van der Waals surface area contributed by atoms with Crippen LogP contribution in [0.4, 0.5) is 4.79 Å². The van der Waals surface area contributed by atoms with Gasteiger partial charge in [0.1, 0.15) is 6.67 Å². The van der Waals surface area contributed by atoms with E-state index in [1.807, 2.05) is 11.1 Å². The Morgan fingerprint density at radius 3 is 3.00 bits per heavy atom. The van der Waals surface area contributed by atoms with Crippen LogP contribution in [0.5, 0.6) is 0 Å². The molecular weight excluding hydrogens is 200 g/mol. The molecule has 5 nitrogen and oxygen atoms in total. The van der Waals surface area contributed by atoms with Crippen LogP contribution in [-0.2, 0) is 0 Å². The average Bonchev–Trinajstić information content (AvgIpc) is 2.47. The topological polar surface area (TPSA) is 47.9 Å². The van der Waals surface area contributed by atoms with Crippen molar-refractivity contribution in [3.8, 4) is 0 Å². The largest absolute Gasteiger partial charge is 0.354 e. The molecule has 2 aliphatic rings. The summed E-state index contributed by atoms with van der Waals surface area (Å²) in [5.41, 5.74) is 0. The van der Waals surface area contributed by atoms with Crippen molar-refractivity contribution in [1.82, 2.24) is 15.1 Å². The molecule has 0 spiro atoms. The fourth-order valence-electron chi connectivity index (χ4n) is 1.36. The number of nitrogens with one attached hydrogen (secondary N) is 1. The lowest BCUT2D eigenvalue weighted by atomic mass is 10.4. The van der Waals surface area contributed by atoms with Gasteiger partial charge in [-0.1, -0.05) is 0 Å². The SMILES string of the molecule is CC(C)N1C=C2N=C(S)NC(=O)N2C1. The van der Waals surface area contributed by atoms with Crippen LogP contribution >= 0.6 is 12.6 Å². The van der Waals surface area contributed by atoms with Crippen LogP contribution in [0.15, 0.2) is 17.0 Å². The van der Waals surface area contributed by atoms with Crippen LogP contribution in [0.25, 0.3) is 0 Å². The minimum Gasteiger partial charge on any atom is -0.354 e. The predicted octanol–water partition coefficient (Wildman–Crippen LogP) is 0.778. The summed E-state index contributed by atoms with van der Waals surface area (Å²) in [5.74, 6) is 0.660. The van der Waals surface area contributed by atoms with E-state index < -0.39 is 0 Å². The molecule has 0 aromatic rings. The first-order valence-corrected chi connectivity index (χ1v) is 4.86. The first-order chi connectivity index (χ1) is 6.58. The highest BCUT2D eigenvalue weighted by molar-refractivity contribution is 7.96. The maximum atomic E-state index is 11.5. The van der Waals surface area contributed by atoms with Crippen molar-refractivity contribution in [2.45, 2.75) is 19.9 Å². The predicted molar refractivity (Wildman–Crippen MR) is 56.7 cm³/mol. The minimum absolute atomic E-state index is 0.167. The molecule has 0 saturated heterocycles. The van der Waals surface area contributed by atoms with Crippen LogP contribution < -0.4 is 5.32 Å². The molecule has 0 saturated carbocycles. The van der Waals surface area contributed by atoms with Crippen molar-refractivity contribution in [3.63, 3.8) is 0 Å². The number of hydrogen-bond donors (Lipinski definition) is 2. The molecule has 2 amide bonds. The Kier molecular flexibility index (Phi) is 2.14. The van der Waals surface area contributed by atoms with Gasteiger partial charge in [-0.25, -0.2) is 9.79 Å². The van der Waals surface area contributed by atoms with Crippen LogP contribution in [0.3, 0.4) is 0 Å². The Morgan fingerprint density at radius 1 is 1.64 bits per heavy atom. The van der Waals surface area contributed by atoms with Crippen molar-refractivity contribution in [2.24, 2.45) is 4.99 Å². The highest BCUT2D eigenvalue weighted by Crippen LogP contribution is 2.21. The van der Waals surface area contributed by atoms with Gasteiger partial charge in [0.15, 0.2) is 11.0 Å². The molecule has 0 unspecified atom stereocenters. The second kappa shape index (κ2) is 3.20. The molecule has 1 N–H and O–H groups in total. The number of urea groups is 1. The van der Waals surface area contributed by atoms with E-state index in [1.165, 1.54) is 0 Å². The van der Waals surface area contributed by atoms with E-state index in [2.05, 4.69) is 36.8 Å². The number of rotatable bonds is 1. The summed E-state index contributed by atoms with van der Waals surface area (Å²) in [6.07, 6.45) is 1.87. The number of amidine groups is 1. The Balaban J connectivity index is 2.26. The second-order valence-corrected chi connectivity index (χ2v) is 3.95. The smallest absolute Gasteiger partial charge is 0.330 e. The number of carbonyl (C=O) groups excluding carboxylic acids is 1. The van der Waals surface area contributed by atoms with Crippen LogP contribution in [0.1, 0.15) is 13.8 Å². The summed E-state index contributed by atoms with van der Waals surface area (Å²) < 4.78 is 0. The third-order valence-corrected chi connectivity index (χ3v) is 2.42. The van der Waals surface area contributed by atoms with Crippen LogP contribution in [0.2, 0.25) is 0 Å². The number of hydrogen-bond acceptors (Lipinski definition) is 3. The number of amides is 2. The van der Waals surface area contributed by atoms with Gasteiger partial charge in [0.05, 0.1) is 0 Å². The van der Waals surface area contributed by atoms with Gasteiger partial charge in [0.2, 0.25) is 0 Å². The van der Waals surface area contributed by atoms with E-state index in [-0.39, 0.29) is 6.03 Å². The normalized spacial score (nSPS) is 20.7. The van der Waals surface area contributed by atoms with Gasteiger partial charge < -0.3 is 4.90 Å². The highest BCUT2D eigenvalue weighted by atomic mass is 32.1. The zero-order valence-corrected chi connectivity index (χ0v) is 8.95. The zero-order chi connectivity index (χ0) is 10.3. The summed E-state index contributed by atoms with van der Waals surface area (Å²) in [6.45, 7) is 4.70. The van der Waals surface area contributed by atoms with E-state index in [4.69, 9.17) is 0 Å². The zero-order valence-electron chi connectivity index (χ0n) is 8.06. The minimum atomic E-state index is -0.167. The molecule has 2 heterocycles. The van der Waals surface area contributed by atoms with Crippen molar-refractivity contribution < 1.29 is 4.79 Å². The molecule has 76 valence electrons. The van der Waals surface area contributed by atoms with Gasteiger partial charge in [-0.2, -0.15) is 0 Å². The molecule has 0 bridgehead atoms. The van der Waals surface area contributed by atoms with Crippen LogP contribution in [-0.4, -0.2) is 33.7 Å². The summed E-state index contributed by atoms with van der Waals surface area (Å²) >= 11 is 4.02. The van der Waals surface area contributed by atoms with E-state index in [0.29, 0.717) is 23.7 Å². The maximum absolute atomic E-state index is 11.5. The third kappa shape index (κ3) is 1.45. The Morgan fingerprint density at radius 2 is 2.36 bits per heavy atom. The lowest BCUT2D eigenvalue weighted by Gasteiger charge is -2.25. The lowest BCUT2D eigenvalue weighted by Crippen LogP contribution is -2.45. The summed E-state index contributed by atoms with van der Waals surface area (Å²) in [5, 5.41) is 2.89. The quantitative estimate of drug-likeness (QED) is 0.631. The third-order valence-electron chi connectivity index (χ3n) is 2.21. The molecule has 2 aliphatic heterocycles.